The fourth-order valence-corrected chi connectivity index (χ4v) is 5.26. The Morgan fingerprint density at radius 1 is 1.19 bits per heavy atom. The third-order valence-electron chi connectivity index (χ3n) is 7.48. The molecule has 3 aliphatic rings. The molecule has 3 aromatic rings. The molecule has 168 valence electrons. The largest absolute Gasteiger partial charge is 0.488 e. The normalized spacial score (nSPS) is 25.3. The Balaban J connectivity index is 1.44. The third kappa shape index (κ3) is 3.03. The zero-order valence-electron chi connectivity index (χ0n) is 19.0. The van der Waals surface area contributed by atoms with E-state index in [1.807, 2.05) is 24.3 Å². The summed E-state index contributed by atoms with van der Waals surface area (Å²) in [5.74, 6) is 1.25. The summed E-state index contributed by atoms with van der Waals surface area (Å²) in [6.45, 7) is 8.87. The van der Waals surface area contributed by atoms with Crippen molar-refractivity contribution in [1.29, 1.82) is 0 Å². The van der Waals surface area contributed by atoms with Gasteiger partial charge in [0.05, 0.1) is 24.8 Å². The molecule has 0 radical (unpaired) electrons. The first kappa shape index (κ1) is 19.8. The van der Waals surface area contributed by atoms with Crippen LogP contribution in [0.1, 0.15) is 33.6 Å². The van der Waals surface area contributed by atoms with Gasteiger partial charge in [-0.05, 0) is 49.4 Å². The predicted octanol–water partition coefficient (Wildman–Crippen LogP) is 3.12. The van der Waals surface area contributed by atoms with Crippen molar-refractivity contribution >= 4 is 16.6 Å². The lowest BCUT2D eigenvalue weighted by molar-refractivity contribution is 0.149. The molecule has 2 saturated heterocycles. The molecule has 8 nitrogen and oxygen atoms in total. The molecule has 6 rings (SSSR count). The zero-order chi connectivity index (χ0) is 22.3. The molecule has 1 aromatic carbocycles. The Morgan fingerprint density at radius 2 is 2.00 bits per heavy atom. The average molecular weight is 436 g/mol. The monoisotopic (exact) mass is 435 g/mol. The number of hydrogen-bond donors (Lipinski definition) is 1. The molecule has 2 aliphatic heterocycles. The standard InChI is InChI=1S/C24H29N5O3/c1-23(2)13-29(20-12-31-11-16(20)23)19-10-18(27-28(4)22(19)30)21-15-9-14(32-24(3)7-8-24)5-6-17(15)25-26-21/h5-6,9-10,16,20H,7-8,11-13H2,1-4H3,(H,25,26)/t16-,20+/m0/s1. The van der Waals surface area contributed by atoms with Crippen LogP contribution in [-0.2, 0) is 11.8 Å². The first-order valence-corrected chi connectivity index (χ1v) is 11.3. The topological polar surface area (TPSA) is 85.3 Å². The van der Waals surface area contributed by atoms with Gasteiger partial charge >= 0.3 is 0 Å². The van der Waals surface area contributed by atoms with Crippen LogP contribution in [0.3, 0.4) is 0 Å². The molecule has 3 fully saturated rings. The second-order valence-corrected chi connectivity index (χ2v) is 10.5. The number of fused-ring (bicyclic) bond motifs is 2. The molecule has 0 bridgehead atoms. The number of aromatic nitrogens is 4. The minimum absolute atomic E-state index is 0.0535. The molecule has 0 spiro atoms. The number of aryl methyl sites for hydroxylation is 1. The fourth-order valence-electron chi connectivity index (χ4n) is 5.26. The van der Waals surface area contributed by atoms with Crippen LogP contribution in [-0.4, -0.2) is 51.4 Å². The van der Waals surface area contributed by atoms with E-state index in [1.54, 1.807) is 7.05 Å². The summed E-state index contributed by atoms with van der Waals surface area (Å²) in [5.41, 5.74) is 2.91. The van der Waals surface area contributed by atoms with Crippen LogP contribution in [0.2, 0.25) is 0 Å². The van der Waals surface area contributed by atoms with Gasteiger partial charge in [-0.25, -0.2) is 4.68 Å². The highest BCUT2D eigenvalue weighted by atomic mass is 16.5. The molecule has 8 heteroatoms. The second kappa shape index (κ2) is 6.57. The van der Waals surface area contributed by atoms with Crippen molar-refractivity contribution in [2.24, 2.45) is 18.4 Å². The van der Waals surface area contributed by atoms with Crippen LogP contribution in [0.25, 0.3) is 22.3 Å². The van der Waals surface area contributed by atoms with Gasteiger partial charge in [0, 0.05) is 24.9 Å². The van der Waals surface area contributed by atoms with E-state index in [9.17, 15) is 4.79 Å². The van der Waals surface area contributed by atoms with Crippen LogP contribution in [0.4, 0.5) is 5.69 Å². The van der Waals surface area contributed by atoms with E-state index in [0.29, 0.717) is 23.9 Å². The summed E-state index contributed by atoms with van der Waals surface area (Å²) >= 11 is 0. The van der Waals surface area contributed by atoms with Gasteiger partial charge in [0.1, 0.15) is 28.4 Å². The molecule has 2 aromatic heterocycles. The van der Waals surface area contributed by atoms with Gasteiger partial charge in [-0.3, -0.25) is 9.89 Å². The molecule has 0 unspecified atom stereocenters. The van der Waals surface area contributed by atoms with Gasteiger partial charge in [0.25, 0.3) is 5.56 Å². The quantitative estimate of drug-likeness (QED) is 0.678. The van der Waals surface area contributed by atoms with Crippen LogP contribution in [0, 0.1) is 11.3 Å². The van der Waals surface area contributed by atoms with Crippen molar-refractivity contribution in [3.63, 3.8) is 0 Å². The number of H-pyrrole nitrogens is 1. The van der Waals surface area contributed by atoms with Crippen LogP contribution in [0.5, 0.6) is 5.75 Å². The maximum atomic E-state index is 13.1. The lowest BCUT2D eigenvalue weighted by Gasteiger charge is -2.25. The van der Waals surface area contributed by atoms with Crippen molar-refractivity contribution in [2.45, 2.75) is 45.3 Å². The summed E-state index contributed by atoms with van der Waals surface area (Å²) in [6.07, 6.45) is 2.15. The van der Waals surface area contributed by atoms with Crippen molar-refractivity contribution < 1.29 is 9.47 Å². The van der Waals surface area contributed by atoms with E-state index in [4.69, 9.17) is 9.47 Å². The van der Waals surface area contributed by atoms with Gasteiger partial charge in [-0.15, -0.1) is 0 Å². The molecular weight excluding hydrogens is 406 g/mol. The molecule has 4 heterocycles. The zero-order valence-corrected chi connectivity index (χ0v) is 19.0. The van der Waals surface area contributed by atoms with Crippen molar-refractivity contribution in [2.75, 3.05) is 24.7 Å². The molecule has 2 atom stereocenters. The highest BCUT2D eigenvalue weighted by Gasteiger charge is 2.50. The number of anilines is 1. The van der Waals surface area contributed by atoms with Gasteiger partial charge in [-0.1, -0.05) is 13.8 Å². The van der Waals surface area contributed by atoms with Gasteiger partial charge in [-0.2, -0.15) is 10.2 Å². The van der Waals surface area contributed by atoms with Crippen LogP contribution in [0.15, 0.2) is 29.1 Å². The number of benzene rings is 1. The van der Waals surface area contributed by atoms with E-state index in [1.165, 1.54) is 4.68 Å². The number of aromatic amines is 1. The molecule has 1 aliphatic carbocycles. The number of nitrogens with one attached hydrogen (secondary N) is 1. The van der Waals surface area contributed by atoms with Crippen molar-refractivity contribution in [1.82, 2.24) is 20.0 Å². The summed E-state index contributed by atoms with van der Waals surface area (Å²) in [7, 11) is 1.70. The lowest BCUT2D eigenvalue weighted by atomic mass is 9.80. The summed E-state index contributed by atoms with van der Waals surface area (Å²) in [6, 6.07) is 8.08. The summed E-state index contributed by atoms with van der Waals surface area (Å²) in [5, 5.41) is 13.1. The van der Waals surface area contributed by atoms with Gasteiger partial charge < -0.3 is 14.4 Å². The minimum Gasteiger partial charge on any atom is -0.488 e. The Hall–Kier alpha value is -2.87. The fraction of sp³-hybridized carbons (Fsp3) is 0.542. The minimum atomic E-state index is -0.0948. The maximum absolute atomic E-state index is 13.1. The Bertz CT molecular complexity index is 1270. The molecule has 1 saturated carbocycles. The number of nitrogens with zero attached hydrogens (tertiary/aromatic N) is 4. The van der Waals surface area contributed by atoms with E-state index >= 15 is 0 Å². The van der Waals surface area contributed by atoms with E-state index in [2.05, 4.69) is 41.0 Å². The lowest BCUT2D eigenvalue weighted by Crippen LogP contribution is -2.38. The van der Waals surface area contributed by atoms with Gasteiger partial charge in [0.15, 0.2) is 0 Å². The Kier molecular flexibility index (Phi) is 4.06. The first-order valence-electron chi connectivity index (χ1n) is 11.3. The van der Waals surface area contributed by atoms with E-state index < -0.39 is 0 Å². The summed E-state index contributed by atoms with van der Waals surface area (Å²) < 4.78 is 13.4. The number of hydrogen-bond acceptors (Lipinski definition) is 6. The third-order valence-corrected chi connectivity index (χ3v) is 7.48. The predicted molar refractivity (Wildman–Crippen MR) is 122 cm³/mol. The highest BCUT2D eigenvalue weighted by Crippen LogP contribution is 2.45. The van der Waals surface area contributed by atoms with Crippen molar-refractivity contribution in [3.8, 4) is 17.1 Å². The number of ether oxygens (including phenoxy) is 2. The van der Waals surface area contributed by atoms with Crippen LogP contribution >= 0.6 is 0 Å². The molecule has 0 amide bonds. The summed E-state index contributed by atoms with van der Waals surface area (Å²) in [4.78, 5) is 15.4. The average Bonchev–Trinajstić information content (AvgIpc) is 3.13. The molecular formula is C24H29N5O3. The Morgan fingerprint density at radius 3 is 2.78 bits per heavy atom. The number of rotatable bonds is 4. The van der Waals surface area contributed by atoms with Gasteiger partial charge in [0.2, 0.25) is 0 Å². The highest BCUT2D eigenvalue weighted by molar-refractivity contribution is 5.93. The SMILES string of the molecule is Cn1nc(-c2n[nH]c3ccc(OC4(C)CC4)cc23)cc(N2CC(C)(C)[C@H]3COC[C@H]32)c1=O. The first-order chi connectivity index (χ1) is 15.2. The second-order valence-electron chi connectivity index (χ2n) is 10.5. The molecule has 1 N–H and O–H groups in total. The van der Waals surface area contributed by atoms with E-state index in [-0.39, 0.29) is 22.6 Å². The maximum Gasteiger partial charge on any atom is 0.290 e. The molecule has 32 heavy (non-hydrogen) atoms. The van der Waals surface area contributed by atoms with E-state index in [0.717, 1.165) is 48.3 Å². The van der Waals surface area contributed by atoms with Crippen molar-refractivity contribution in [3.05, 3.63) is 34.6 Å². The van der Waals surface area contributed by atoms with Crippen LogP contribution < -0.4 is 15.2 Å². The Labute approximate surface area is 186 Å². The smallest absolute Gasteiger partial charge is 0.290 e.